The Morgan fingerprint density at radius 3 is 2.53 bits per heavy atom. The van der Waals surface area contributed by atoms with Gasteiger partial charge in [0.2, 0.25) is 5.91 Å². The monoisotopic (exact) mass is 434 g/mol. The summed E-state index contributed by atoms with van der Waals surface area (Å²) in [7, 11) is 0. The van der Waals surface area contributed by atoms with E-state index in [1.807, 2.05) is 42.5 Å². The maximum Gasteiger partial charge on any atom is 0.237 e. The van der Waals surface area contributed by atoms with Gasteiger partial charge in [0.25, 0.3) is 0 Å². The maximum absolute atomic E-state index is 12.9. The summed E-state index contributed by atoms with van der Waals surface area (Å²) in [6, 6.07) is 13.7. The van der Waals surface area contributed by atoms with Crippen LogP contribution in [0.4, 0.5) is 0 Å². The number of hydrogen-bond acceptors (Lipinski definition) is 4. The molecule has 5 heteroatoms. The number of carbonyl (C=O) groups is 1. The zero-order valence-electron chi connectivity index (χ0n) is 18.8. The van der Waals surface area contributed by atoms with E-state index in [0.29, 0.717) is 5.92 Å². The zero-order chi connectivity index (χ0) is 21.8. The van der Waals surface area contributed by atoms with Crippen LogP contribution in [0.3, 0.4) is 0 Å². The van der Waals surface area contributed by atoms with Crippen molar-refractivity contribution in [2.75, 3.05) is 13.2 Å². The number of benzene rings is 2. The van der Waals surface area contributed by atoms with E-state index >= 15 is 0 Å². The number of rotatable bonds is 5. The Hall–Kier alpha value is -2.53. The molecule has 32 heavy (non-hydrogen) atoms. The summed E-state index contributed by atoms with van der Waals surface area (Å²) in [6.45, 7) is 1.67. The minimum Gasteiger partial charge on any atom is -0.493 e. The van der Waals surface area contributed by atoms with Crippen molar-refractivity contribution in [2.24, 2.45) is 5.92 Å². The van der Waals surface area contributed by atoms with E-state index in [1.54, 1.807) is 0 Å². The molecule has 2 fully saturated rings. The summed E-state index contributed by atoms with van der Waals surface area (Å²) in [5.41, 5.74) is 1.97. The molecule has 2 aliphatic heterocycles. The van der Waals surface area contributed by atoms with Crippen molar-refractivity contribution in [1.29, 1.82) is 0 Å². The van der Waals surface area contributed by atoms with Crippen LogP contribution >= 0.6 is 0 Å². The third-order valence-corrected chi connectivity index (χ3v) is 7.12. The van der Waals surface area contributed by atoms with E-state index in [-0.39, 0.29) is 18.0 Å². The fourth-order valence-electron chi connectivity index (χ4n) is 5.26. The van der Waals surface area contributed by atoms with E-state index in [1.165, 1.54) is 44.9 Å². The number of amides is 1. The van der Waals surface area contributed by atoms with Gasteiger partial charge in [0.05, 0.1) is 18.7 Å². The highest BCUT2D eigenvalue weighted by Gasteiger charge is 2.31. The summed E-state index contributed by atoms with van der Waals surface area (Å²) >= 11 is 0. The lowest BCUT2D eigenvalue weighted by Crippen LogP contribution is -2.42. The van der Waals surface area contributed by atoms with E-state index < -0.39 is 0 Å². The van der Waals surface area contributed by atoms with E-state index in [9.17, 15) is 4.79 Å². The molecule has 1 aliphatic carbocycles. The molecule has 1 amide bonds. The first-order valence-corrected chi connectivity index (χ1v) is 12.4. The second kappa shape index (κ2) is 9.95. The Morgan fingerprint density at radius 2 is 1.72 bits per heavy atom. The lowest BCUT2D eigenvalue weighted by Gasteiger charge is -2.30. The molecule has 3 aliphatic rings. The number of hydrogen-bond donors (Lipinski definition) is 2. The normalized spacial score (nSPS) is 23.2. The van der Waals surface area contributed by atoms with Crippen molar-refractivity contribution < 1.29 is 14.3 Å². The molecule has 5 rings (SSSR count). The number of carbonyl (C=O) groups excluding carboxylic acids is 1. The summed E-state index contributed by atoms with van der Waals surface area (Å²) in [6.07, 6.45) is 11.2. The van der Waals surface area contributed by atoms with Gasteiger partial charge in [-0.1, -0.05) is 50.3 Å². The average molecular weight is 435 g/mol. The van der Waals surface area contributed by atoms with Crippen molar-refractivity contribution in [3.63, 3.8) is 0 Å². The van der Waals surface area contributed by atoms with Gasteiger partial charge < -0.3 is 20.1 Å². The van der Waals surface area contributed by atoms with Crippen molar-refractivity contribution in [3.8, 4) is 17.2 Å². The molecule has 0 aromatic heterocycles. The van der Waals surface area contributed by atoms with Gasteiger partial charge in [0.1, 0.15) is 17.2 Å². The van der Waals surface area contributed by atoms with Crippen LogP contribution in [-0.2, 0) is 4.79 Å². The largest absolute Gasteiger partial charge is 0.493 e. The molecule has 170 valence electrons. The smallest absolute Gasteiger partial charge is 0.237 e. The fourth-order valence-corrected chi connectivity index (χ4v) is 5.26. The molecule has 2 atom stereocenters. The van der Waals surface area contributed by atoms with Crippen molar-refractivity contribution >= 4 is 5.91 Å². The molecular formula is C27H34N2O3. The summed E-state index contributed by atoms with van der Waals surface area (Å²) < 4.78 is 12.5. The molecule has 2 N–H and O–H groups in total. The molecule has 2 aromatic rings. The molecule has 5 nitrogen and oxygen atoms in total. The number of para-hydroxylation sites is 1. The standard InChI is InChI=1S/C27H34N2O3/c30-27(23-12-8-16-28-23)29-26-21-11-6-7-13-24(21)32-25-17-20(14-15-22(25)26)31-18-19-9-4-2-1-3-5-10-19/h6-7,11,13-15,17,19,23,26,28H,1-5,8-10,12,16,18H2,(H,29,30). The fraction of sp³-hybridized carbons (Fsp3) is 0.519. The van der Waals surface area contributed by atoms with Crippen LogP contribution < -0.4 is 20.1 Å². The van der Waals surface area contributed by atoms with Gasteiger partial charge in [-0.25, -0.2) is 0 Å². The average Bonchev–Trinajstić information content (AvgIpc) is 3.33. The molecule has 0 radical (unpaired) electrons. The Balaban J connectivity index is 1.33. The van der Waals surface area contributed by atoms with Crippen LogP contribution in [0.25, 0.3) is 0 Å². The first kappa shape index (κ1) is 21.3. The molecule has 2 unspecified atom stereocenters. The molecule has 0 bridgehead atoms. The Morgan fingerprint density at radius 1 is 0.938 bits per heavy atom. The third-order valence-electron chi connectivity index (χ3n) is 7.12. The highest BCUT2D eigenvalue weighted by molar-refractivity contribution is 5.83. The van der Waals surface area contributed by atoms with Crippen molar-refractivity contribution in [1.82, 2.24) is 10.6 Å². The van der Waals surface area contributed by atoms with Crippen LogP contribution in [0.15, 0.2) is 42.5 Å². The minimum atomic E-state index is -0.218. The zero-order valence-corrected chi connectivity index (χ0v) is 18.8. The van der Waals surface area contributed by atoms with E-state index in [4.69, 9.17) is 9.47 Å². The van der Waals surface area contributed by atoms with Crippen LogP contribution in [0.2, 0.25) is 0 Å². The molecule has 2 heterocycles. The first-order chi connectivity index (χ1) is 15.8. The number of nitrogens with one attached hydrogen (secondary N) is 2. The van der Waals surface area contributed by atoms with Crippen LogP contribution in [0.5, 0.6) is 17.2 Å². The summed E-state index contributed by atoms with van der Waals surface area (Å²) in [5, 5.41) is 6.56. The van der Waals surface area contributed by atoms with Crippen molar-refractivity contribution in [3.05, 3.63) is 53.6 Å². The van der Waals surface area contributed by atoms with Crippen molar-refractivity contribution in [2.45, 2.75) is 69.9 Å². The minimum absolute atomic E-state index is 0.0553. The lowest BCUT2D eigenvalue weighted by molar-refractivity contribution is -0.123. The van der Waals surface area contributed by atoms with Gasteiger partial charge in [0, 0.05) is 17.2 Å². The van der Waals surface area contributed by atoms with Gasteiger partial charge in [-0.05, 0) is 56.3 Å². The highest BCUT2D eigenvalue weighted by Crippen LogP contribution is 2.44. The highest BCUT2D eigenvalue weighted by atomic mass is 16.5. The summed E-state index contributed by atoms with van der Waals surface area (Å²) in [4.78, 5) is 12.9. The van der Waals surface area contributed by atoms with Crippen LogP contribution in [0.1, 0.15) is 75.0 Å². The third kappa shape index (κ3) is 4.78. The van der Waals surface area contributed by atoms with Crippen LogP contribution in [-0.4, -0.2) is 25.1 Å². The lowest BCUT2D eigenvalue weighted by atomic mass is 9.92. The molecule has 1 saturated heterocycles. The van der Waals surface area contributed by atoms with Gasteiger partial charge in [-0.2, -0.15) is 0 Å². The second-order valence-electron chi connectivity index (χ2n) is 9.45. The Bertz CT molecular complexity index is 930. The summed E-state index contributed by atoms with van der Waals surface area (Å²) in [5.74, 6) is 3.09. The predicted octanol–water partition coefficient (Wildman–Crippen LogP) is 5.49. The maximum atomic E-state index is 12.9. The molecule has 0 spiro atoms. The van der Waals surface area contributed by atoms with Gasteiger partial charge in [-0.15, -0.1) is 0 Å². The van der Waals surface area contributed by atoms with Gasteiger partial charge in [-0.3, -0.25) is 4.79 Å². The topological polar surface area (TPSA) is 59.6 Å². The number of ether oxygens (including phenoxy) is 2. The molecule has 2 aromatic carbocycles. The van der Waals surface area contributed by atoms with Crippen LogP contribution in [0, 0.1) is 5.92 Å². The second-order valence-corrected chi connectivity index (χ2v) is 9.45. The SMILES string of the molecule is O=C(NC1c2ccccc2Oc2cc(OCC3CCCCCCC3)ccc21)C1CCCN1. The Kier molecular flexibility index (Phi) is 6.63. The predicted molar refractivity (Wildman–Crippen MR) is 125 cm³/mol. The van der Waals surface area contributed by atoms with E-state index in [0.717, 1.165) is 54.4 Å². The molecule has 1 saturated carbocycles. The van der Waals surface area contributed by atoms with Gasteiger partial charge in [0.15, 0.2) is 0 Å². The molecular weight excluding hydrogens is 400 g/mol. The number of fused-ring (bicyclic) bond motifs is 2. The quantitative estimate of drug-likeness (QED) is 0.653. The first-order valence-electron chi connectivity index (χ1n) is 12.4. The van der Waals surface area contributed by atoms with E-state index in [2.05, 4.69) is 10.6 Å². The Labute approximate surface area is 190 Å². The van der Waals surface area contributed by atoms with Gasteiger partial charge >= 0.3 is 0 Å².